The molecule has 18 heavy (non-hydrogen) atoms. The molecule has 0 unspecified atom stereocenters. The Morgan fingerprint density at radius 3 is 1.44 bits per heavy atom. The van der Waals surface area contributed by atoms with Gasteiger partial charge in [-0.25, -0.2) is 0 Å². The van der Waals surface area contributed by atoms with Gasteiger partial charge >= 0.3 is 18.9 Å². The Morgan fingerprint density at radius 1 is 0.889 bits per heavy atom. The molecule has 1 rings (SSSR count). The third-order valence-corrected chi connectivity index (χ3v) is 7.80. The molecule has 0 aromatic heterocycles. The number of rotatable bonds is 3. The minimum Gasteiger partial charge on any atom is -0.674 e. The van der Waals surface area contributed by atoms with E-state index < -0.39 is 16.5 Å². The van der Waals surface area contributed by atoms with Gasteiger partial charge in [-0.2, -0.15) is 0 Å². The van der Waals surface area contributed by atoms with E-state index in [9.17, 15) is 0 Å². The van der Waals surface area contributed by atoms with E-state index in [1.807, 2.05) is 30.3 Å². The zero-order chi connectivity index (χ0) is 13.5. The molecule has 2 N–H and O–H groups in total. The fourth-order valence-electron chi connectivity index (χ4n) is 1.72. The van der Waals surface area contributed by atoms with Crippen molar-refractivity contribution in [1.82, 2.24) is 4.65 Å². The van der Waals surface area contributed by atoms with Crippen molar-refractivity contribution in [2.75, 3.05) is 0 Å². The van der Waals surface area contributed by atoms with Gasteiger partial charge in [-0.3, -0.25) is 0 Å². The third-order valence-electron chi connectivity index (χ3n) is 1.80. The van der Waals surface area contributed by atoms with E-state index in [1.54, 1.807) is 0 Å². The van der Waals surface area contributed by atoms with Gasteiger partial charge in [-0.05, 0) is 0 Å². The Kier molecular flexibility index (Phi) is 10.4. The number of hydrogen-bond acceptors (Lipinski definition) is 1. The molecule has 0 heterocycles. The average Bonchev–Trinajstić information content (AvgIpc) is 2.14. The predicted octanol–water partition coefficient (Wildman–Crippen LogP) is 1.49. The Bertz CT molecular complexity index is 293. The van der Waals surface area contributed by atoms with Crippen molar-refractivity contribution in [3.8, 4) is 0 Å². The van der Waals surface area contributed by atoms with Crippen LogP contribution in [0.2, 0.25) is 39.3 Å². The first kappa shape index (κ1) is 20.5. The zero-order valence-electron chi connectivity index (χ0n) is 13.1. The molecule has 0 saturated heterocycles. The molecule has 0 bridgehead atoms. The van der Waals surface area contributed by atoms with E-state index in [1.165, 1.54) is 0 Å². The summed E-state index contributed by atoms with van der Waals surface area (Å²) in [5, 5.41) is 0. The molecule has 5 heteroatoms. The first-order chi connectivity index (χ1) is 7.64. The molecule has 1 aromatic carbocycles. The molecular formula is C13H27LiN2Si2. The fraction of sp³-hybridized carbons (Fsp3) is 0.538. The first-order valence-corrected chi connectivity index (χ1v) is 13.1. The van der Waals surface area contributed by atoms with Gasteiger partial charge in [0, 0.05) is 0 Å². The largest absolute Gasteiger partial charge is 1.00 e. The summed E-state index contributed by atoms with van der Waals surface area (Å²) in [5.74, 6) is 0. The van der Waals surface area contributed by atoms with Gasteiger partial charge in [0.15, 0.2) is 0 Å². The molecule has 1 aromatic rings. The van der Waals surface area contributed by atoms with Crippen LogP contribution in [-0.2, 0) is 6.54 Å². The van der Waals surface area contributed by atoms with Crippen molar-refractivity contribution < 1.29 is 18.9 Å². The van der Waals surface area contributed by atoms with E-state index in [0.717, 1.165) is 5.56 Å². The van der Waals surface area contributed by atoms with Crippen LogP contribution in [0.3, 0.4) is 0 Å². The molecule has 0 radical (unpaired) electrons. The molecule has 0 aliphatic heterocycles. The van der Waals surface area contributed by atoms with Crippen molar-refractivity contribution >= 4 is 16.5 Å². The second-order valence-corrected chi connectivity index (χ2v) is 16.3. The number of hydrogen-bond donors (Lipinski definition) is 1. The quantitative estimate of drug-likeness (QED) is 0.833. The van der Waals surface area contributed by atoms with Crippen LogP contribution in [-0.4, -0.2) is 16.5 Å². The summed E-state index contributed by atoms with van der Waals surface area (Å²) >= 11 is 0. The molecule has 0 atom stereocenters. The summed E-state index contributed by atoms with van der Waals surface area (Å²) in [6.07, 6.45) is 0. The summed E-state index contributed by atoms with van der Waals surface area (Å²) in [6.45, 7) is 14.5. The number of benzene rings is 1. The molecule has 0 aliphatic rings. The van der Waals surface area contributed by atoms with E-state index in [4.69, 9.17) is 5.73 Å². The maximum atomic E-state index is 6.94. The van der Waals surface area contributed by atoms with Gasteiger partial charge in [-0.1, -0.05) is 75.2 Å². The van der Waals surface area contributed by atoms with Gasteiger partial charge in [0.05, 0.1) is 0 Å². The van der Waals surface area contributed by atoms with Crippen LogP contribution in [0, 0.1) is 0 Å². The van der Waals surface area contributed by atoms with Gasteiger partial charge in [0.1, 0.15) is 16.5 Å². The molecule has 0 amide bonds. The van der Waals surface area contributed by atoms with Crippen molar-refractivity contribution in [2.24, 2.45) is 0 Å². The molecule has 0 spiro atoms. The second-order valence-electron chi connectivity index (χ2n) is 6.29. The van der Waals surface area contributed by atoms with E-state index in [-0.39, 0.29) is 18.9 Å². The Hall–Kier alpha value is 0.171. The summed E-state index contributed by atoms with van der Waals surface area (Å²) < 4.78 is 3.74. The van der Waals surface area contributed by atoms with Crippen molar-refractivity contribution in [2.45, 2.75) is 45.8 Å². The minimum atomic E-state index is -0.981. The molecule has 2 nitrogen and oxygen atoms in total. The summed E-state index contributed by atoms with van der Waals surface area (Å²) in [6, 6.07) is 9.76. The third kappa shape index (κ3) is 14.2. The van der Waals surface area contributed by atoms with Gasteiger partial charge in [0.25, 0.3) is 0 Å². The van der Waals surface area contributed by atoms with Crippen molar-refractivity contribution in [3.63, 3.8) is 0 Å². The molecule has 98 valence electrons. The van der Waals surface area contributed by atoms with Crippen LogP contribution in [0.5, 0.6) is 0 Å². The molecule has 0 saturated carbocycles. The molecule has 0 aliphatic carbocycles. The molecule has 0 fully saturated rings. The van der Waals surface area contributed by atoms with Crippen molar-refractivity contribution in [3.05, 3.63) is 41.6 Å². The Morgan fingerprint density at radius 2 is 1.28 bits per heavy atom. The van der Waals surface area contributed by atoms with E-state index in [0.29, 0.717) is 6.54 Å². The second kappa shape index (κ2) is 9.13. The average molecular weight is 274 g/mol. The topological polar surface area (TPSA) is 35.8 Å². The minimum absolute atomic E-state index is 0. The first-order valence-electron chi connectivity index (χ1n) is 6.12. The smallest absolute Gasteiger partial charge is 0.674 e. The van der Waals surface area contributed by atoms with E-state index >= 15 is 0 Å². The number of nitrogens with one attached hydrogen (secondary N) is 2. The van der Waals surface area contributed by atoms with Gasteiger partial charge in [0.2, 0.25) is 0 Å². The van der Waals surface area contributed by atoms with Gasteiger partial charge in [-0.15, -0.1) is 6.54 Å². The zero-order valence-corrected chi connectivity index (χ0v) is 15.1. The predicted molar refractivity (Wildman–Crippen MR) is 84.3 cm³/mol. The molecular weight excluding hydrogens is 247 g/mol. The summed E-state index contributed by atoms with van der Waals surface area (Å²) in [4.78, 5) is 0. The SMILES string of the molecule is C[Si](C)(C)N[Si](C)(C)C.[Li+].[NH-]Cc1ccccc1. The maximum Gasteiger partial charge on any atom is 1.00 e. The Labute approximate surface area is 127 Å². The van der Waals surface area contributed by atoms with Crippen LogP contribution < -0.4 is 23.5 Å². The van der Waals surface area contributed by atoms with Crippen LogP contribution in [0.4, 0.5) is 0 Å². The summed E-state index contributed by atoms with van der Waals surface area (Å²) in [7, 11) is -1.96. The van der Waals surface area contributed by atoms with Crippen molar-refractivity contribution in [1.29, 1.82) is 0 Å². The standard InChI is InChI=1S/C7H8N.C6H19NSi2.Li/c8-6-7-4-2-1-3-5-7;1-8(2,3)7-9(4,5)6;/h1-5,8H,6H2;7H,1-6H3;/q-1;;+1. The van der Waals surface area contributed by atoms with Crippen LogP contribution in [0.15, 0.2) is 30.3 Å². The fourth-order valence-corrected chi connectivity index (χ4v) is 10.7. The normalized spacial score (nSPS) is 11.1. The van der Waals surface area contributed by atoms with Crippen LogP contribution in [0.1, 0.15) is 5.56 Å². The van der Waals surface area contributed by atoms with Crippen LogP contribution >= 0.6 is 0 Å². The van der Waals surface area contributed by atoms with Crippen LogP contribution in [0.25, 0.3) is 5.73 Å². The Balaban J connectivity index is 0. The monoisotopic (exact) mass is 274 g/mol. The van der Waals surface area contributed by atoms with Gasteiger partial charge < -0.3 is 10.4 Å². The maximum absolute atomic E-state index is 6.94. The summed E-state index contributed by atoms with van der Waals surface area (Å²) in [5.41, 5.74) is 8.02. The van der Waals surface area contributed by atoms with E-state index in [2.05, 4.69) is 43.9 Å².